The second kappa shape index (κ2) is 9.75. The maximum absolute atomic E-state index is 5.61. The van der Waals surface area contributed by atoms with E-state index in [0.29, 0.717) is 11.8 Å². The summed E-state index contributed by atoms with van der Waals surface area (Å²) in [5.74, 6) is 0.224. The molecule has 1 unspecified atom stereocenters. The van der Waals surface area contributed by atoms with E-state index in [0.717, 1.165) is 6.42 Å². The van der Waals surface area contributed by atoms with Crippen LogP contribution >= 0.6 is 0 Å². The molecule has 0 aromatic rings. The predicted octanol–water partition coefficient (Wildman–Crippen LogP) is 4.75. The molecule has 1 aliphatic rings. The van der Waals surface area contributed by atoms with Gasteiger partial charge in [0.05, 0.1) is 0 Å². The van der Waals surface area contributed by atoms with Crippen LogP contribution in [0.5, 0.6) is 0 Å². The van der Waals surface area contributed by atoms with Crippen LogP contribution in [0.1, 0.15) is 71.1 Å². The zero-order valence-corrected chi connectivity index (χ0v) is 14.0. The highest BCUT2D eigenvalue weighted by Crippen LogP contribution is 2.43. The first-order valence-electron chi connectivity index (χ1n) is 8.39. The highest BCUT2D eigenvalue weighted by atomic mass is 16.9. The molecule has 1 rings (SSSR count). The summed E-state index contributed by atoms with van der Waals surface area (Å²) in [5, 5.41) is 0. The van der Waals surface area contributed by atoms with Crippen LogP contribution in [-0.4, -0.2) is 27.3 Å². The van der Waals surface area contributed by atoms with Gasteiger partial charge in [-0.25, -0.2) is 0 Å². The molecule has 0 radical (unpaired) electrons. The molecule has 1 atom stereocenters. The molecule has 0 spiro atoms. The molecule has 0 N–H and O–H groups in total. The summed E-state index contributed by atoms with van der Waals surface area (Å²) < 4.78 is 16.8. The zero-order valence-electron chi connectivity index (χ0n) is 14.0. The lowest BCUT2D eigenvalue weighted by Gasteiger charge is -2.44. The summed E-state index contributed by atoms with van der Waals surface area (Å²) in [6, 6.07) is 0. The van der Waals surface area contributed by atoms with Crippen LogP contribution in [0.2, 0.25) is 0 Å². The van der Waals surface area contributed by atoms with E-state index >= 15 is 0 Å². The van der Waals surface area contributed by atoms with E-state index in [2.05, 4.69) is 6.92 Å². The Balaban J connectivity index is 2.43. The molecular formula is C17H34O3. The number of rotatable bonds is 12. The van der Waals surface area contributed by atoms with Crippen LogP contribution in [0.3, 0.4) is 0 Å². The fourth-order valence-corrected chi connectivity index (χ4v) is 3.39. The fourth-order valence-electron chi connectivity index (χ4n) is 3.39. The van der Waals surface area contributed by atoms with Crippen molar-refractivity contribution in [2.24, 2.45) is 11.8 Å². The van der Waals surface area contributed by atoms with Crippen molar-refractivity contribution in [2.75, 3.05) is 21.3 Å². The van der Waals surface area contributed by atoms with Crippen LogP contribution in [-0.2, 0) is 14.2 Å². The molecule has 0 amide bonds. The number of hydrogen-bond donors (Lipinski definition) is 0. The van der Waals surface area contributed by atoms with Crippen molar-refractivity contribution < 1.29 is 14.2 Å². The SMILES string of the molecule is CCCCCCCCC(C1CCC1)C(OC)(OC)OC. The number of hydrogen-bond acceptors (Lipinski definition) is 3. The molecule has 20 heavy (non-hydrogen) atoms. The minimum absolute atomic E-state index is 0.363. The smallest absolute Gasteiger partial charge is 0.285 e. The Morgan fingerprint density at radius 2 is 1.45 bits per heavy atom. The van der Waals surface area contributed by atoms with Crippen LogP contribution in [0.25, 0.3) is 0 Å². The number of ether oxygens (including phenoxy) is 3. The maximum Gasteiger partial charge on any atom is 0.285 e. The minimum Gasteiger partial charge on any atom is -0.331 e. The number of unbranched alkanes of at least 4 members (excludes halogenated alkanes) is 5. The first kappa shape index (κ1) is 17.9. The summed E-state index contributed by atoms with van der Waals surface area (Å²) in [6.45, 7) is 2.26. The lowest BCUT2D eigenvalue weighted by Crippen LogP contribution is -2.48. The third-order valence-electron chi connectivity index (χ3n) is 4.90. The lowest BCUT2D eigenvalue weighted by molar-refractivity contribution is -0.388. The van der Waals surface area contributed by atoms with Crippen molar-refractivity contribution in [1.82, 2.24) is 0 Å². The van der Waals surface area contributed by atoms with Crippen LogP contribution in [0, 0.1) is 11.8 Å². The van der Waals surface area contributed by atoms with Crippen LogP contribution in [0.4, 0.5) is 0 Å². The van der Waals surface area contributed by atoms with Gasteiger partial charge in [0, 0.05) is 27.2 Å². The van der Waals surface area contributed by atoms with Crippen molar-refractivity contribution in [2.45, 2.75) is 77.1 Å². The Morgan fingerprint density at radius 1 is 0.900 bits per heavy atom. The molecule has 0 bridgehead atoms. The monoisotopic (exact) mass is 286 g/mol. The number of methoxy groups -OCH3 is 3. The summed E-state index contributed by atoms with van der Waals surface area (Å²) in [6.07, 6.45) is 13.0. The normalized spacial score (nSPS) is 18.0. The van der Waals surface area contributed by atoms with Gasteiger partial charge >= 0.3 is 0 Å². The van der Waals surface area contributed by atoms with Crippen LogP contribution in [0.15, 0.2) is 0 Å². The second-order valence-corrected chi connectivity index (χ2v) is 6.07. The Bertz CT molecular complexity index is 226. The summed E-state index contributed by atoms with van der Waals surface area (Å²) in [4.78, 5) is 0. The average Bonchev–Trinajstić information content (AvgIpc) is 2.42. The summed E-state index contributed by atoms with van der Waals surface area (Å²) in [5.41, 5.74) is 0. The van der Waals surface area contributed by atoms with Gasteiger partial charge in [-0.2, -0.15) is 0 Å². The molecule has 3 nitrogen and oxygen atoms in total. The van der Waals surface area contributed by atoms with Gasteiger partial charge in [-0.15, -0.1) is 0 Å². The van der Waals surface area contributed by atoms with Crippen molar-refractivity contribution in [3.63, 3.8) is 0 Å². The Hall–Kier alpha value is -0.120. The van der Waals surface area contributed by atoms with E-state index in [-0.39, 0.29) is 0 Å². The third kappa shape index (κ3) is 4.71. The average molecular weight is 286 g/mol. The van der Waals surface area contributed by atoms with Gasteiger partial charge in [-0.1, -0.05) is 51.9 Å². The fraction of sp³-hybridized carbons (Fsp3) is 1.00. The van der Waals surface area contributed by atoms with E-state index in [1.54, 1.807) is 21.3 Å². The molecule has 3 heteroatoms. The molecule has 0 heterocycles. The van der Waals surface area contributed by atoms with Crippen LogP contribution < -0.4 is 0 Å². The quantitative estimate of drug-likeness (QED) is 0.383. The largest absolute Gasteiger partial charge is 0.331 e. The second-order valence-electron chi connectivity index (χ2n) is 6.07. The Labute approximate surface area is 125 Å². The summed E-state index contributed by atoms with van der Waals surface area (Å²) in [7, 11) is 5.08. The maximum atomic E-state index is 5.61. The van der Waals surface area contributed by atoms with Gasteiger partial charge in [0.25, 0.3) is 5.97 Å². The van der Waals surface area contributed by atoms with Gasteiger partial charge < -0.3 is 14.2 Å². The molecule has 0 saturated heterocycles. The van der Waals surface area contributed by atoms with Gasteiger partial charge in [-0.3, -0.25) is 0 Å². The molecule has 120 valence electrons. The lowest BCUT2D eigenvalue weighted by atomic mass is 9.72. The highest BCUT2D eigenvalue weighted by Gasteiger charge is 2.45. The van der Waals surface area contributed by atoms with Gasteiger partial charge in [0.15, 0.2) is 0 Å². The van der Waals surface area contributed by atoms with Crippen molar-refractivity contribution >= 4 is 0 Å². The molecule has 0 aromatic carbocycles. The topological polar surface area (TPSA) is 27.7 Å². The Kier molecular flexibility index (Phi) is 8.74. The van der Waals surface area contributed by atoms with E-state index in [9.17, 15) is 0 Å². The molecule has 0 aliphatic heterocycles. The van der Waals surface area contributed by atoms with Crippen molar-refractivity contribution in [3.05, 3.63) is 0 Å². The van der Waals surface area contributed by atoms with Gasteiger partial charge in [-0.05, 0) is 25.2 Å². The molecule has 1 saturated carbocycles. The standard InChI is InChI=1S/C17H34O3/c1-5-6-7-8-9-10-14-16(15-12-11-13-15)17(18-2,19-3)20-4/h15-16H,5-14H2,1-4H3. The first-order chi connectivity index (χ1) is 9.74. The van der Waals surface area contributed by atoms with E-state index in [4.69, 9.17) is 14.2 Å². The molecule has 0 aromatic heterocycles. The van der Waals surface area contributed by atoms with Gasteiger partial charge in [0.2, 0.25) is 0 Å². The third-order valence-corrected chi connectivity index (χ3v) is 4.90. The summed E-state index contributed by atoms with van der Waals surface area (Å²) >= 11 is 0. The van der Waals surface area contributed by atoms with Crippen molar-refractivity contribution in [3.8, 4) is 0 Å². The van der Waals surface area contributed by atoms with E-state index in [1.807, 2.05) is 0 Å². The van der Waals surface area contributed by atoms with Gasteiger partial charge in [0.1, 0.15) is 0 Å². The Morgan fingerprint density at radius 3 is 1.90 bits per heavy atom. The minimum atomic E-state index is -0.839. The van der Waals surface area contributed by atoms with E-state index < -0.39 is 5.97 Å². The molecular weight excluding hydrogens is 252 g/mol. The first-order valence-corrected chi connectivity index (χ1v) is 8.39. The van der Waals surface area contributed by atoms with E-state index in [1.165, 1.54) is 57.8 Å². The molecule has 1 aliphatic carbocycles. The predicted molar refractivity (Wildman–Crippen MR) is 82.6 cm³/mol. The highest BCUT2D eigenvalue weighted by molar-refractivity contribution is 4.83. The molecule has 1 fully saturated rings. The zero-order chi connectivity index (χ0) is 14.8. The van der Waals surface area contributed by atoms with Crippen molar-refractivity contribution in [1.29, 1.82) is 0 Å².